The maximum atomic E-state index is 13.0. The Hall–Kier alpha value is -2.37. The molecule has 2 aromatic rings. The second kappa shape index (κ2) is 9.63. The molecule has 0 bridgehead atoms. The van der Waals surface area contributed by atoms with Gasteiger partial charge in [-0.15, -0.1) is 0 Å². The van der Waals surface area contributed by atoms with E-state index in [1.165, 1.54) is 24.6 Å². The topological polar surface area (TPSA) is 29.5 Å². The van der Waals surface area contributed by atoms with Gasteiger partial charge in [-0.25, -0.2) is 0 Å². The summed E-state index contributed by atoms with van der Waals surface area (Å²) in [6, 6.07) is 18.1. The number of para-hydroxylation sites is 1. The van der Waals surface area contributed by atoms with Gasteiger partial charge >= 0.3 is 0 Å². The van der Waals surface area contributed by atoms with Crippen molar-refractivity contribution in [3.63, 3.8) is 0 Å². The third kappa shape index (κ3) is 4.52. The number of unbranched alkanes of at least 4 members (excludes halogenated alkanes) is 3. The highest BCUT2D eigenvalue weighted by atomic mass is 32.2. The largest absolute Gasteiger partial charge is 0.480 e. The third-order valence-electron chi connectivity index (χ3n) is 5.30. The molecule has 154 valence electrons. The lowest BCUT2D eigenvalue weighted by Crippen LogP contribution is -2.29. The van der Waals surface area contributed by atoms with Gasteiger partial charge in [-0.05, 0) is 35.8 Å². The lowest BCUT2D eigenvalue weighted by atomic mass is 9.95. The molecule has 5 heteroatoms. The number of ether oxygens (including phenoxy) is 1. The molecule has 3 nitrogen and oxygen atoms in total. The van der Waals surface area contributed by atoms with Crippen molar-refractivity contribution in [3.8, 4) is 5.75 Å². The average molecular weight is 436 g/mol. The molecule has 0 saturated carbocycles. The van der Waals surface area contributed by atoms with Crippen LogP contribution in [0.4, 0.5) is 0 Å². The van der Waals surface area contributed by atoms with Crippen molar-refractivity contribution in [2.45, 2.75) is 38.7 Å². The van der Waals surface area contributed by atoms with Gasteiger partial charge in [0, 0.05) is 12.1 Å². The molecule has 1 atom stereocenters. The lowest BCUT2D eigenvalue weighted by molar-refractivity contribution is -0.122. The van der Waals surface area contributed by atoms with Crippen molar-refractivity contribution in [1.82, 2.24) is 4.90 Å². The van der Waals surface area contributed by atoms with E-state index in [9.17, 15) is 4.79 Å². The first-order valence-corrected chi connectivity index (χ1v) is 11.7. The molecule has 0 N–H and O–H groups in total. The molecule has 1 fully saturated rings. The lowest BCUT2D eigenvalue weighted by Gasteiger charge is -2.26. The van der Waals surface area contributed by atoms with E-state index in [1.54, 1.807) is 4.90 Å². The molecule has 2 heterocycles. The van der Waals surface area contributed by atoms with E-state index >= 15 is 0 Å². The van der Waals surface area contributed by atoms with E-state index in [2.05, 4.69) is 25.1 Å². The van der Waals surface area contributed by atoms with Gasteiger partial charge in [-0.3, -0.25) is 9.69 Å². The molecule has 30 heavy (non-hydrogen) atoms. The number of fused-ring (bicyclic) bond motifs is 1. The maximum Gasteiger partial charge on any atom is 0.266 e. The van der Waals surface area contributed by atoms with Gasteiger partial charge < -0.3 is 4.74 Å². The summed E-state index contributed by atoms with van der Waals surface area (Å²) >= 11 is 6.89. The molecule has 1 unspecified atom stereocenters. The fourth-order valence-electron chi connectivity index (χ4n) is 3.70. The number of thiocarbonyl (C=S) groups is 1. The summed E-state index contributed by atoms with van der Waals surface area (Å²) in [6.07, 6.45) is 8.29. The van der Waals surface area contributed by atoms with Crippen LogP contribution in [0.2, 0.25) is 0 Å². The van der Waals surface area contributed by atoms with E-state index in [0.29, 0.717) is 15.8 Å². The zero-order valence-electron chi connectivity index (χ0n) is 17.0. The van der Waals surface area contributed by atoms with Crippen molar-refractivity contribution in [2.75, 3.05) is 6.54 Å². The Morgan fingerprint density at radius 3 is 2.63 bits per heavy atom. The zero-order chi connectivity index (χ0) is 20.9. The van der Waals surface area contributed by atoms with Crippen LogP contribution < -0.4 is 4.74 Å². The van der Waals surface area contributed by atoms with Gasteiger partial charge in [0.25, 0.3) is 5.91 Å². The number of nitrogens with zero attached hydrogens (tertiary/aromatic N) is 1. The smallest absolute Gasteiger partial charge is 0.266 e. The average Bonchev–Trinajstić information content (AvgIpc) is 3.04. The molecule has 2 aliphatic rings. The number of carbonyl (C=O) groups excluding carboxylic acids is 1. The summed E-state index contributed by atoms with van der Waals surface area (Å²) in [5.41, 5.74) is 3.04. The first-order chi connectivity index (χ1) is 14.7. The van der Waals surface area contributed by atoms with Gasteiger partial charge in [0.2, 0.25) is 0 Å². The van der Waals surface area contributed by atoms with Crippen LogP contribution in [0.5, 0.6) is 5.75 Å². The van der Waals surface area contributed by atoms with Crippen LogP contribution in [0.3, 0.4) is 0 Å². The van der Waals surface area contributed by atoms with Gasteiger partial charge in [0.1, 0.15) is 16.2 Å². The van der Waals surface area contributed by atoms with E-state index in [-0.39, 0.29) is 12.0 Å². The van der Waals surface area contributed by atoms with Crippen molar-refractivity contribution < 1.29 is 9.53 Å². The summed E-state index contributed by atoms with van der Waals surface area (Å²) in [5.74, 6) is 0.861. The number of carbonyl (C=O) groups is 1. The van der Waals surface area contributed by atoms with Crippen molar-refractivity contribution in [3.05, 3.63) is 82.3 Å². The predicted molar refractivity (Wildman–Crippen MR) is 128 cm³/mol. The predicted octanol–water partition coefficient (Wildman–Crippen LogP) is 6.53. The quantitative estimate of drug-likeness (QED) is 0.281. The fourth-order valence-corrected chi connectivity index (χ4v) is 5.01. The van der Waals surface area contributed by atoms with Crippen LogP contribution in [0.1, 0.15) is 49.8 Å². The minimum Gasteiger partial charge on any atom is -0.480 e. The van der Waals surface area contributed by atoms with Crippen LogP contribution in [-0.4, -0.2) is 21.7 Å². The SMILES string of the molecule is CCCCCCN1C(=O)C(=CC2=Cc3ccccc3OC2c2ccccc2)SC1=S. The van der Waals surface area contributed by atoms with Crippen LogP contribution >= 0.6 is 24.0 Å². The molecular formula is C25H25NO2S2. The number of rotatable bonds is 7. The normalized spacial score (nSPS) is 19.6. The number of benzene rings is 2. The Bertz CT molecular complexity index is 997. The zero-order valence-corrected chi connectivity index (χ0v) is 18.7. The summed E-state index contributed by atoms with van der Waals surface area (Å²) in [7, 11) is 0. The Labute approximate surface area is 187 Å². The van der Waals surface area contributed by atoms with Gasteiger partial charge in [-0.2, -0.15) is 0 Å². The van der Waals surface area contributed by atoms with Crippen molar-refractivity contribution >= 4 is 40.3 Å². The first-order valence-electron chi connectivity index (χ1n) is 10.4. The number of hydrogen-bond acceptors (Lipinski definition) is 4. The van der Waals surface area contributed by atoms with E-state index in [1.807, 2.05) is 48.5 Å². The summed E-state index contributed by atoms with van der Waals surface area (Å²) < 4.78 is 6.99. The van der Waals surface area contributed by atoms with Gasteiger partial charge in [0.05, 0.1) is 4.91 Å². The monoisotopic (exact) mass is 435 g/mol. The highest BCUT2D eigenvalue weighted by Gasteiger charge is 2.33. The van der Waals surface area contributed by atoms with Crippen molar-refractivity contribution in [1.29, 1.82) is 0 Å². The molecule has 0 spiro atoms. The number of thioether (sulfide) groups is 1. The molecule has 1 amide bonds. The first kappa shape index (κ1) is 20.9. The fraction of sp³-hybridized carbons (Fsp3) is 0.280. The van der Waals surface area contributed by atoms with E-state index in [0.717, 1.165) is 35.3 Å². The molecular weight excluding hydrogens is 410 g/mol. The molecule has 4 rings (SSSR count). The molecule has 2 aliphatic heterocycles. The highest BCUT2D eigenvalue weighted by molar-refractivity contribution is 8.26. The molecule has 0 aromatic heterocycles. The standard InChI is InChI=1S/C25H25NO2S2/c1-2-3-4-10-15-26-24(27)22(30-25(26)29)17-20-16-19-13-8-9-14-21(19)28-23(20)18-11-6-5-7-12-18/h5-9,11-14,16-17,23H,2-4,10,15H2,1H3. The van der Waals surface area contributed by atoms with Crippen molar-refractivity contribution in [2.24, 2.45) is 0 Å². The number of amides is 1. The molecule has 2 aromatic carbocycles. The van der Waals surface area contributed by atoms with E-state index in [4.69, 9.17) is 17.0 Å². The number of hydrogen-bond donors (Lipinski definition) is 0. The van der Waals surface area contributed by atoms with Gasteiger partial charge in [-0.1, -0.05) is 98.7 Å². The van der Waals surface area contributed by atoms with E-state index < -0.39 is 0 Å². The Morgan fingerprint density at radius 2 is 1.83 bits per heavy atom. The van der Waals surface area contributed by atoms with Crippen LogP contribution in [0.25, 0.3) is 6.08 Å². The third-order valence-corrected chi connectivity index (χ3v) is 6.68. The van der Waals surface area contributed by atoms with Crippen LogP contribution in [0, 0.1) is 0 Å². The van der Waals surface area contributed by atoms with Crippen LogP contribution in [-0.2, 0) is 4.79 Å². The molecule has 0 radical (unpaired) electrons. The highest BCUT2D eigenvalue weighted by Crippen LogP contribution is 2.40. The Kier molecular flexibility index (Phi) is 6.70. The molecule has 0 aliphatic carbocycles. The van der Waals surface area contributed by atoms with Crippen LogP contribution in [0.15, 0.2) is 71.2 Å². The minimum absolute atomic E-state index is 0.00747. The second-order valence-electron chi connectivity index (χ2n) is 7.48. The maximum absolute atomic E-state index is 13.0. The Balaban J connectivity index is 1.62. The summed E-state index contributed by atoms with van der Waals surface area (Å²) in [6.45, 7) is 2.88. The summed E-state index contributed by atoms with van der Waals surface area (Å²) in [5, 5.41) is 0. The Morgan fingerprint density at radius 1 is 1.07 bits per heavy atom. The summed E-state index contributed by atoms with van der Waals surface area (Å²) in [4.78, 5) is 15.4. The second-order valence-corrected chi connectivity index (χ2v) is 9.16. The minimum atomic E-state index is -0.255. The molecule has 1 saturated heterocycles. The van der Waals surface area contributed by atoms with Gasteiger partial charge in [0.15, 0.2) is 0 Å².